The molecule has 10 heteroatoms. The molecule has 1 fully saturated rings. The first-order valence-electron chi connectivity index (χ1n) is 8.20. The first-order valence-corrected chi connectivity index (χ1v) is 8.58. The molecule has 8 nitrogen and oxygen atoms in total. The van der Waals surface area contributed by atoms with Crippen LogP contribution in [0, 0.1) is 15.9 Å². The number of imidazole rings is 1. The molecule has 1 N–H and O–H groups in total. The number of hydrogen-bond donors (Lipinski definition) is 1. The second kappa shape index (κ2) is 7.98. The molecule has 1 unspecified atom stereocenters. The molecule has 0 amide bonds. The van der Waals surface area contributed by atoms with Crippen molar-refractivity contribution in [3.05, 3.63) is 51.7 Å². The largest absolute Gasteiger partial charge is 0.390 e. The molecule has 2 aromatic rings. The third-order valence-electron chi connectivity index (χ3n) is 4.34. The van der Waals surface area contributed by atoms with Crippen LogP contribution in [0.15, 0.2) is 30.5 Å². The van der Waals surface area contributed by atoms with Crippen molar-refractivity contribution < 1.29 is 14.4 Å². The Bertz CT molecular complexity index is 762. The van der Waals surface area contributed by atoms with Crippen molar-refractivity contribution in [1.29, 1.82) is 0 Å². The summed E-state index contributed by atoms with van der Waals surface area (Å²) in [5.41, 5.74) is 0.976. The number of piperazine rings is 1. The van der Waals surface area contributed by atoms with Gasteiger partial charge in [-0.1, -0.05) is 0 Å². The maximum Gasteiger partial charge on any atom is 0.383 e. The number of rotatable bonds is 6. The lowest BCUT2D eigenvalue weighted by Gasteiger charge is -2.36. The van der Waals surface area contributed by atoms with Gasteiger partial charge in [0.25, 0.3) is 0 Å². The molecule has 1 aliphatic heterocycles. The summed E-state index contributed by atoms with van der Waals surface area (Å²) in [5, 5.41) is 21.0. The third kappa shape index (κ3) is 4.48. The smallest absolute Gasteiger partial charge is 0.383 e. The third-order valence-corrected chi connectivity index (χ3v) is 4.64. The first kappa shape index (κ1) is 18.6. The predicted octanol–water partition coefficient (Wildman–Crippen LogP) is 1.77. The summed E-state index contributed by atoms with van der Waals surface area (Å²) in [6, 6.07) is 6.40. The lowest BCUT2D eigenvalue weighted by molar-refractivity contribution is -0.389. The van der Waals surface area contributed by atoms with E-state index < -0.39 is 11.0 Å². The van der Waals surface area contributed by atoms with Crippen molar-refractivity contribution in [1.82, 2.24) is 14.5 Å². The van der Waals surface area contributed by atoms with Gasteiger partial charge in [-0.15, -0.1) is 0 Å². The van der Waals surface area contributed by atoms with Crippen molar-refractivity contribution in [3.63, 3.8) is 0 Å². The van der Waals surface area contributed by atoms with Crippen LogP contribution in [0.5, 0.6) is 0 Å². The Morgan fingerprint density at radius 3 is 2.46 bits per heavy atom. The molecule has 26 heavy (non-hydrogen) atoms. The van der Waals surface area contributed by atoms with Crippen molar-refractivity contribution in [2.45, 2.75) is 12.6 Å². The van der Waals surface area contributed by atoms with Gasteiger partial charge in [-0.05, 0) is 45.8 Å². The molecular weight excluding hydrogens is 365 g/mol. The number of anilines is 1. The van der Waals surface area contributed by atoms with E-state index in [1.807, 2.05) is 0 Å². The van der Waals surface area contributed by atoms with Crippen LogP contribution in [-0.2, 0) is 6.54 Å². The molecule has 1 aromatic heterocycles. The Labute approximate surface area is 154 Å². The van der Waals surface area contributed by atoms with Crippen LogP contribution in [0.3, 0.4) is 0 Å². The Kier molecular flexibility index (Phi) is 5.70. The average molecular weight is 384 g/mol. The summed E-state index contributed by atoms with van der Waals surface area (Å²) in [7, 11) is 0. The van der Waals surface area contributed by atoms with Gasteiger partial charge >= 0.3 is 11.1 Å². The quantitative estimate of drug-likeness (QED) is 0.604. The fourth-order valence-electron chi connectivity index (χ4n) is 3.02. The molecule has 1 saturated heterocycles. The van der Waals surface area contributed by atoms with E-state index in [0.717, 1.165) is 31.9 Å². The Morgan fingerprint density at radius 1 is 1.23 bits per heavy atom. The summed E-state index contributed by atoms with van der Waals surface area (Å²) in [5.74, 6) is -0.594. The number of halogens is 2. The minimum atomic E-state index is -0.723. The number of aliphatic hydroxyl groups excluding tert-OH is 1. The summed E-state index contributed by atoms with van der Waals surface area (Å²) in [6.45, 7) is 3.63. The summed E-state index contributed by atoms with van der Waals surface area (Å²) < 4.78 is 14.4. The van der Waals surface area contributed by atoms with E-state index in [0.29, 0.717) is 6.54 Å². The summed E-state index contributed by atoms with van der Waals surface area (Å²) in [6.07, 6.45) is 0.497. The highest BCUT2D eigenvalue weighted by Crippen LogP contribution is 2.18. The van der Waals surface area contributed by atoms with E-state index in [2.05, 4.69) is 14.8 Å². The van der Waals surface area contributed by atoms with E-state index in [1.165, 1.54) is 22.9 Å². The van der Waals surface area contributed by atoms with E-state index in [4.69, 9.17) is 11.6 Å². The maximum atomic E-state index is 13.0. The lowest BCUT2D eigenvalue weighted by Crippen LogP contribution is -2.49. The maximum absolute atomic E-state index is 13.0. The van der Waals surface area contributed by atoms with Gasteiger partial charge in [0.2, 0.25) is 0 Å². The number of nitrogens with zero attached hydrogens (tertiary/aromatic N) is 5. The van der Waals surface area contributed by atoms with Gasteiger partial charge in [0.15, 0.2) is 0 Å². The molecule has 1 aliphatic rings. The zero-order valence-corrected chi connectivity index (χ0v) is 14.7. The zero-order chi connectivity index (χ0) is 18.7. The summed E-state index contributed by atoms with van der Waals surface area (Å²) >= 11 is 5.86. The van der Waals surface area contributed by atoms with Gasteiger partial charge in [0, 0.05) is 38.4 Å². The predicted molar refractivity (Wildman–Crippen MR) is 95.0 cm³/mol. The lowest BCUT2D eigenvalue weighted by atomic mass is 10.2. The number of aliphatic hydroxyl groups is 1. The zero-order valence-electron chi connectivity index (χ0n) is 14.0. The minimum absolute atomic E-state index is 0.0168. The van der Waals surface area contributed by atoms with Crippen LogP contribution in [0.25, 0.3) is 0 Å². The number of aromatic nitrogens is 2. The number of β-amino-alcohol motifs (C(OH)–C–C–N with tert-alkyl or cyclic N) is 1. The topological polar surface area (TPSA) is 87.7 Å². The van der Waals surface area contributed by atoms with Crippen LogP contribution in [0.4, 0.5) is 15.9 Å². The molecule has 3 rings (SSSR count). The van der Waals surface area contributed by atoms with E-state index in [1.54, 1.807) is 12.1 Å². The average Bonchev–Trinajstić information content (AvgIpc) is 2.97. The number of hydrogen-bond acceptors (Lipinski definition) is 6. The van der Waals surface area contributed by atoms with Crippen LogP contribution in [-0.4, -0.2) is 63.3 Å². The molecule has 140 valence electrons. The molecule has 1 atom stereocenters. The standard InChI is InChI=1S/C16H19ClFN5O3/c17-16-19-15(23(25)26)11-22(16)10-14(24)9-20-5-7-21(8-6-20)13-3-1-12(18)2-4-13/h1-4,11,14,24H,5-10H2. The van der Waals surface area contributed by atoms with Gasteiger partial charge in [0.05, 0.1) is 12.6 Å². The van der Waals surface area contributed by atoms with Crippen molar-refractivity contribution in [3.8, 4) is 0 Å². The highest BCUT2D eigenvalue weighted by Gasteiger charge is 2.22. The van der Waals surface area contributed by atoms with Crippen LogP contribution in [0.2, 0.25) is 5.28 Å². The van der Waals surface area contributed by atoms with Crippen molar-refractivity contribution >= 4 is 23.1 Å². The Hall–Kier alpha value is -2.23. The molecule has 0 saturated carbocycles. The first-order chi connectivity index (χ1) is 12.4. The normalized spacial score (nSPS) is 16.7. The fraction of sp³-hybridized carbons (Fsp3) is 0.438. The Balaban J connectivity index is 1.49. The van der Waals surface area contributed by atoms with Gasteiger partial charge in [-0.3, -0.25) is 9.47 Å². The molecular formula is C16H19ClFN5O3. The SMILES string of the molecule is O=[N+]([O-])c1cn(CC(O)CN2CCN(c3ccc(F)cc3)CC2)c(Cl)n1. The van der Waals surface area contributed by atoms with Crippen molar-refractivity contribution in [2.24, 2.45) is 0 Å². The Morgan fingerprint density at radius 2 is 1.88 bits per heavy atom. The minimum Gasteiger partial charge on any atom is -0.390 e. The monoisotopic (exact) mass is 383 g/mol. The molecule has 2 heterocycles. The summed E-state index contributed by atoms with van der Waals surface area (Å²) in [4.78, 5) is 18.0. The molecule has 0 aliphatic carbocycles. The molecule has 1 aromatic carbocycles. The van der Waals surface area contributed by atoms with Crippen molar-refractivity contribution in [2.75, 3.05) is 37.6 Å². The van der Waals surface area contributed by atoms with E-state index in [-0.39, 0.29) is 23.5 Å². The van der Waals surface area contributed by atoms with Crippen LogP contribution >= 0.6 is 11.6 Å². The van der Waals surface area contributed by atoms with E-state index >= 15 is 0 Å². The second-order valence-electron chi connectivity index (χ2n) is 6.20. The van der Waals surface area contributed by atoms with Crippen LogP contribution in [0.1, 0.15) is 0 Å². The number of nitro groups is 1. The van der Waals surface area contributed by atoms with E-state index in [9.17, 15) is 19.6 Å². The van der Waals surface area contributed by atoms with Gasteiger partial charge < -0.3 is 20.1 Å². The molecule has 0 bridgehead atoms. The highest BCUT2D eigenvalue weighted by molar-refractivity contribution is 6.28. The molecule has 0 spiro atoms. The molecule has 0 radical (unpaired) electrons. The van der Waals surface area contributed by atoms with Gasteiger partial charge in [0.1, 0.15) is 12.0 Å². The fourth-order valence-corrected chi connectivity index (χ4v) is 3.22. The van der Waals surface area contributed by atoms with Crippen LogP contribution < -0.4 is 4.90 Å². The highest BCUT2D eigenvalue weighted by atomic mass is 35.5. The second-order valence-corrected chi connectivity index (χ2v) is 6.53. The number of benzene rings is 1. The van der Waals surface area contributed by atoms with Gasteiger partial charge in [-0.25, -0.2) is 4.39 Å². The van der Waals surface area contributed by atoms with Gasteiger partial charge in [-0.2, -0.15) is 0 Å².